The molecule has 3 aromatic carbocycles. The van der Waals surface area contributed by atoms with Gasteiger partial charge in [0.2, 0.25) is 5.78 Å². The van der Waals surface area contributed by atoms with Gasteiger partial charge in [-0.05, 0) is 64.3 Å². The number of hydrogen-bond acceptors (Lipinski definition) is 4. The number of Topliss-reactive ketones (excluding diaryl/α,β-unsaturated/α-hetero) is 1. The van der Waals surface area contributed by atoms with E-state index in [-0.39, 0.29) is 22.4 Å². The van der Waals surface area contributed by atoms with Crippen molar-refractivity contribution >= 4 is 17.8 Å². The van der Waals surface area contributed by atoms with Gasteiger partial charge in [0, 0.05) is 6.07 Å². The SMILES string of the molecule is Cc1cc(OC(=O)c2ccc(C(C)(C)C)cc2)cc2c1C(=O)/C(=C/c1ccc(C(C)(C)C)cc1)O2. The average molecular weight is 469 g/mol. The molecule has 0 saturated heterocycles. The standard InChI is InChI=1S/C31H32O4/c1-19-16-24(34-29(33)21-10-14-23(15-11-21)31(5,6)7)18-25-27(19)28(32)26(35-25)17-20-8-12-22(13-9-20)30(2,3)4/h8-18H,1-7H3/b26-17-. The van der Waals surface area contributed by atoms with Gasteiger partial charge in [-0.1, -0.05) is 77.9 Å². The lowest BCUT2D eigenvalue weighted by atomic mass is 9.86. The number of fused-ring (bicyclic) bond motifs is 1. The second-order valence-electron chi connectivity index (χ2n) is 11.1. The van der Waals surface area contributed by atoms with E-state index in [2.05, 4.69) is 53.7 Å². The van der Waals surface area contributed by atoms with Crippen LogP contribution in [0.25, 0.3) is 6.08 Å². The number of hydrogen-bond donors (Lipinski definition) is 0. The molecular formula is C31H32O4. The molecule has 4 rings (SSSR count). The van der Waals surface area contributed by atoms with Crippen LogP contribution in [0.15, 0.2) is 66.4 Å². The number of carbonyl (C=O) groups excluding carboxylic acids is 2. The molecule has 0 amide bonds. The number of esters is 1. The van der Waals surface area contributed by atoms with Crippen LogP contribution in [-0.2, 0) is 10.8 Å². The van der Waals surface area contributed by atoms with Crippen molar-refractivity contribution in [1.82, 2.24) is 0 Å². The molecule has 180 valence electrons. The summed E-state index contributed by atoms with van der Waals surface area (Å²) in [4.78, 5) is 25.7. The summed E-state index contributed by atoms with van der Waals surface area (Å²) in [6.07, 6.45) is 1.75. The Morgan fingerprint density at radius 2 is 1.37 bits per heavy atom. The van der Waals surface area contributed by atoms with Crippen LogP contribution in [-0.4, -0.2) is 11.8 Å². The lowest BCUT2D eigenvalue weighted by Crippen LogP contribution is -2.13. The number of ketones is 1. The van der Waals surface area contributed by atoms with Gasteiger partial charge in [0.15, 0.2) is 5.76 Å². The highest BCUT2D eigenvalue weighted by Crippen LogP contribution is 2.38. The van der Waals surface area contributed by atoms with E-state index in [0.717, 1.165) is 11.1 Å². The molecule has 0 atom stereocenters. The maximum atomic E-state index is 13.0. The van der Waals surface area contributed by atoms with Crippen LogP contribution in [0.1, 0.15) is 84.5 Å². The number of carbonyl (C=O) groups is 2. The number of rotatable bonds is 3. The first-order valence-corrected chi connectivity index (χ1v) is 11.8. The first kappa shape index (κ1) is 24.5. The van der Waals surface area contributed by atoms with Gasteiger partial charge in [0.05, 0.1) is 11.1 Å². The van der Waals surface area contributed by atoms with E-state index in [4.69, 9.17) is 9.47 Å². The zero-order chi connectivity index (χ0) is 25.5. The topological polar surface area (TPSA) is 52.6 Å². The normalized spacial score (nSPS) is 14.6. The number of allylic oxidation sites excluding steroid dienone is 1. The van der Waals surface area contributed by atoms with Gasteiger partial charge >= 0.3 is 5.97 Å². The third-order valence-corrected chi connectivity index (χ3v) is 6.22. The van der Waals surface area contributed by atoms with E-state index in [1.807, 2.05) is 31.2 Å². The average Bonchev–Trinajstić information content (AvgIpc) is 3.08. The highest BCUT2D eigenvalue weighted by Gasteiger charge is 2.30. The van der Waals surface area contributed by atoms with Gasteiger partial charge in [0.1, 0.15) is 11.5 Å². The molecule has 1 aliphatic rings. The Kier molecular flexibility index (Phi) is 6.18. The monoisotopic (exact) mass is 468 g/mol. The second-order valence-corrected chi connectivity index (χ2v) is 11.1. The van der Waals surface area contributed by atoms with E-state index in [1.165, 1.54) is 5.56 Å². The molecule has 0 unspecified atom stereocenters. The smallest absolute Gasteiger partial charge is 0.343 e. The van der Waals surface area contributed by atoms with Crippen molar-refractivity contribution in [1.29, 1.82) is 0 Å². The van der Waals surface area contributed by atoms with Crippen LogP contribution in [0.2, 0.25) is 0 Å². The molecule has 0 fully saturated rings. The maximum absolute atomic E-state index is 13.0. The molecule has 0 radical (unpaired) electrons. The quantitative estimate of drug-likeness (QED) is 0.228. The second kappa shape index (κ2) is 8.84. The molecule has 0 N–H and O–H groups in total. The van der Waals surface area contributed by atoms with Crippen molar-refractivity contribution < 1.29 is 19.1 Å². The maximum Gasteiger partial charge on any atom is 0.343 e. The van der Waals surface area contributed by atoms with Crippen molar-refractivity contribution in [3.63, 3.8) is 0 Å². The Balaban J connectivity index is 1.54. The number of benzene rings is 3. The Bertz CT molecular complexity index is 1310. The Labute approximate surface area is 207 Å². The molecule has 0 aliphatic carbocycles. The Hall–Kier alpha value is -3.66. The molecular weight excluding hydrogens is 436 g/mol. The van der Waals surface area contributed by atoms with Gasteiger partial charge in [-0.25, -0.2) is 4.79 Å². The summed E-state index contributed by atoms with van der Waals surface area (Å²) < 4.78 is 11.5. The molecule has 0 bridgehead atoms. The summed E-state index contributed by atoms with van der Waals surface area (Å²) in [5.41, 5.74) is 4.97. The van der Waals surface area contributed by atoms with Gasteiger partial charge in [-0.3, -0.25) is 4.79 Å². The Morgan fingerprint density at radius 1 is 0.829 bits per heavy atom. The summed E-state index contributed by atoms with van der Waals surface area (Å²) in [6, 6.07) is 18.8. The van der Waals surface area contributed by atoms with E-state index in [9.17, 15) is 9.59 Å². The fourth-order valence-corrected chi connectivity index (χ4v) is 4.04. The molecule has 0 saturated carbocycles. The van der Waals surface area contributed by atoms with E-state index in [0.29, 0.717) is 28.2 Å². The third-order valence-electron chi connectivity index (χ3n) is 6.22. The van der Waals surface area contributed by atoms with Gasteiger partial charge in [-0.15, -0.1) is 0 Å². The third kappa shape index (κ3) is 5.22. The highest BCUT2D eigenvalue weighted by molar-refractivity contribution is 6.15. The van der Waals surface area contributed by atoms with Gasteiger partial charge in [0.25, 0.3) is 0 Å². The summed E-state index contributed by atoms with van der Waals surface area (Å²) >= 11 is 0. The van der Waals surface area contributed by atoms with Crippen LogP contribution in [0.3, 0.4) is 0 Å². The largest absolute Gasteiger partial charge is 0.452 e. The van der Waals surface area contributed by atoms with E-state index < -0.39 is 5.97 Å². The number of ether oxygens (including phenoxy) is 2. The molecule has 3 aromatic rings. The fourth-order valence-electron chi connectivity index (χ4n) is 4.04. The Morgan fingerprint density at radius 3 is 1.91 bits per heavy atom. The summed E-state index contributed by atoms with van der Waals surface area (Å²) in [5.74, 6) is 0.373. The van der Waals surface area contributed by atoms with Crippen LogP contribution < -0.4 is 9.47 Å². The molecule has 35 heavy (non-hydrogen) atoms. The van der Waals surface area contributed by atoms with Gasteiger partial charge < -0.3 is 9.47 Å². The molecule has 1 aliphatic heterocycles. The van der Waals surface area contributed by atoms with Crippen LogP contribution >= 0.6 is 0 Å². The molecule has 0 aromatic heterocycles. The molecule has 0 spiro atoms. The van der Waals surface area contributed by atoms with Crippen LogP contribution in [0, 0.1) is 6.92 Å². The predicted molar refractivity (Wildman–Crippen MR) is 139 cm³/mol. The minimum absolute atomic E-state index is 0.00324. The molecule has 1 heterocycles. The van der Waals surface area contributed by atoms with E-state index >= 15 is 0 Å². The van der Waals surface area contributed by atoms with Crippen LogP contribution in [0.4, 0.5) is 0 Å². The first-order valence-electron chi connectivity index (χ1n) is 11.8. The van der Waals surface area contributed by atoms with Crippen molar-refractivity contribution in [3.05, 3.63) is 99.8 Å². The molecule has 4 nitrogen and oxygen atoms in total. The highest BCUT2D eigenvalue weighted by atomic mass is 16.5. The minimum atomic E-state index is -0.455. The summed E-state index contributed by atoms with van der Waals surface area (Å²) in [7, 11) is 0. The summed E-state index contributed by atoms with van der Waals surface area (Å²) in [5, 5.41) is 0. The van der Waals surface area contributed by atoms with Crippen molar-refractivity contribution in [2.75, 3.05) is 0 Å². The summed E-state index contributed by atoms with van der Waals surface area (Å²) in [6.45, 7) is 14.7. The zero-order valence-electron chi connectivity index (χ0n) is 21.5. The van der Waals surface area contributed by atoms with Crippen molar-refractivity contribution in [3.8, 4) is 11.5 Å². The van der Waals surface area contributed by atoms with Crippen molar-refractivity contribution in [2.24, 2.45) is 0 Å². The van der Waals surface area contributed by atoms with Gasteiger partial charge in [-0.2, -0.15) is 0 Å². The fraction of sp³-hybridized carbons (Fsp3) is 0.290. The lowest BCUT2D eigenvalue weighted by molar-refractivity contribution is 0.0734. The first-order chi connectivity index (χ1) is 16.3. The number of aryl methyl sites for hydroxylation is 1. The van der Waals surface area contributed by atoms with Crippen LogP contribution in [0.5, 0.6) is 11.5 Å². The zero-order valence-corrected chi connectivity index (χ0v) is 21.5. The molecule has 4 heteroatoms. The predicted octanol–water partition coefficient (Wildman–Crippen LogP) is 7.43. The minimum Gasteiger partial charge on any atom is -0.452 e. The van der Waals surface area contributed by atoms with E-state index in [1.54, 1.807) is 30.3 Å². The lowest BCUT2D eigenvalue weighted by Gasteiger charge is -2.19. The van der Waals surface area contributed by atoms with Crippen molar-refractivity contribution in [2.45, 2.75) is 59.3 Å².